The minimum Gasteiger partial charge on any atom is -0.404 e. The number of imidazole rings is 1. The molecule has 3 aromatic rings. The third kappa shape index (κ3) is 4.96. The number of amides is 1. The summed E-state index contributed by atoms with van der Waals surface area (Å²) in [4.78, 5) is 19.2. The molecule has 4 N–H and O–H groups in total. The molecule has 168 valence electrons. The van der Waals surface area contributed by atoms with Crippen LogP contribution in [0.3, 0.4) is 0 Å². The van der Waals surface area contributed by atoms with E-state index in [1.165, 1.54) is 12.4 Å². The molecule has 1 aliphatic rings. The Morgan fingerprint density at radius 2 is 2.03 bits per heavy atom. The fraction of sp³-hybridized carbons (Fsp3) is 0.308. The molecule has 1 amide bonds. The summed E-state index contributed by atoms with van der Waals surface area (Å²) in [5.74, 6) is 0.671. The lowest BCUT2D eigenvalue weighted by molar-refractivity contribution is -0.132. The summed E-state index contributed by atoms with van der Waals surface area (Å²) in [7, 11) is 0. The van der Waals surface area contributed by atoms with Crippen molar-refractivity contribution in [3.63, 3.8) is 0 Å². The molecule has 33 heavy (non-hydrogen) atoms. The number of likely N-dealkylation sites (tertiary alicyclic amines) is 1. The van der Waals surface area contributed by atoms with Gasteiger partial charge in [-0.25, -0.2) is 4.98 Å². The maximum absolute atomic E-state index is 12.7. The van der Waals surface area contributed by atoms with E-state index in [9.17, 15) is 10.1 Å². The first kappa shape index (κ1) is 22.3. The van der Waals surface area contributed by atoms with Crippen LogP contribution in [0.25, 0.3) is 16.6 Å². The lowest BCUT2D eigenvalue weighted by atomic mass is 9.96. The van der Waals surface area contributed by atoms with E-state index in [1.54, 1.807) is 6.07 Å². The van der Waals surface area contributed by atoms with E-state index in [4.69, 9.17) is 11.1 Å². The van der Waals surface area contributed by atoms with Gasteiger partial charge in [-0.3, -0.25) is 10.2 Å². The first-order valence-corrected chi connectivity index (χ1v) is 11.3. The number of nitrogens with two attached hydrogens (primary N) is 2. The highest BCUT2D eigenvalue weighted by molar-refractivity contribution is 6.07. The Labute approximate surface area is 193 Å². The Morgan fingerprint density at radius 1 is 1.24 bits per heavy atom. The fourth-order valence-electron chi connectivity index (χ4n) is 4.53. The van der Waals surface area contributed by atoms with Crippen LogP contribution in [-0.4, -0.2) is 39.7 Å². The van der Waals surface area contributed by atoms with Crippen molar-refractivity contribution in [2.24, 2.45) is 11.7 Å². The Hall–Kier alpha value is -3.92. The average molecular weight is 442 g/mol. The van der Waals surface area contributed by atoms with Gasteiger partial charge in [0.05, 0.1) is 34.6 Å². The first-order valence-electron chi connectivity index (χ1n) is 11.3. The number of nitriles is 1. The van der Waals surface area contributed by atoms with Crippen molar-refractivity contribution in [1.82, 2.24) is 14.5 Å². The number of nitrogens with zero attached hydrogens (tertiary/aromatic N) is 4. The van der Waals surface area contributed by atoms with Crippen LogP contribution in [0.15, 0.2) is 55.0 Å². The molecule has 7 heteroatoms. The highest BCUT2D eigenvalue weighted by atomic mass is 16.2. The summed E-state index contributed by atoms with van der Waals surface area (Å²) in [5.41, 5.74) is 11.0. The number of rotatable bonds is 7. The van der Waals surface area contributed by atoms with Gasteiger partial charge in [0.25, 0.3) is 0 Å². The van der Waals surface area contributed by atoms with E-state index in [2.05, 4.69) is 21.7 Å². The van der Waals surface area contributed by atoms with E-state index in [-0.39, 0.29) is 5.91 Å². The Balaban J connectivity index is 1.32. The van der Waals surface area contributed by atoms with Gasteiger partial charge in [-0.1, -0.05) is 24.3 Å². The summed E-state index contributed by atoms with van der Waals surface area (Å²) >= 11 is 0. The molecule has 1 fully saturated rings. The van der Waals surface area contributed by atoms with Gasteiger partial charge in [0.2, 0.25) is 5.91 Å². The van der Waals surface area contributed by atoms with Crippen molar-refractivity contribution in [2.45, 2.75) is 32.2 Å². The van der Waals surface area contributed by atoms with Gasteiger partial charge in [-0.15, -0.1) is 0 Å². The largest absolute Gasteiger partial charge is 0.404 e. The van der Waals surface area contributed by atoms with Crippen molar-refractivity contribution < 1.29 is 10.2 Å². The highest BCUT2D eigenvalue weighted by Gasteiger charge is 2.23. The zero-order chi connectivity index (χ0) is 23.2. The Morgan fingerprint density at radius 3 is 2.76 bits per heavy atom. The molecule has 0 spiro atoms. The quantitative estimate of drug-likeness (QED) is 0.545. The monoisotopic (exact) mass is 441 g/mol. The molecule has 0 saturated carbocycles. The lowest BCUT2D eigenvalue weighted by Crippen LogP contribution is -2.39. The van der Waals surface area contributed by atoms with Crippen molar-refractivity contribution >= 4 is 28.7 Å². The summed E-state index contributed by atoms with van der Waals surface area (Å²) in [5, 5.41) is 14.9. The van der Waals surface area contributed by atoms with Crippen LogP contribution in [0.1, 0.15) is 36.0 Å². The van der Waals surface area contributed by atoms with Crippen LogP contribution in [0.2, 0.25) is 0 Å². The van der Waals surface area contributed by atoms with Gasteiger partial charge >= 0.3 is 0 Å². The summed E-state index contributed by atoms with van der Waals surface area (Å²) in [6.45, 7) is 2.43. The van der Waals surface area contributed by atoms with Crippen LogP contribution in [0.4, 0.5) is 0 Å². The summed E-state index contributed by atoms with van der Waals surface area (Å²) in [6.07, 6.45) is 7.87. The van der Waals surface area contributed by atoms with Crippen LogP contribution < -0.4 is 11.1 Å². The zero-order valence-electron chi connectivity index (χ0n) is 18.7. The molecule has 0 atom stereocenters. The minimum atomic E-state index is 0.169. The highest BCUT2D eigenvalue weighted by Crippen LogP contribution is 2.24. The number of benzene rings is 2. The molecule has 0 radical (unpaired) electrons. The maximum atomic E-state index is 12.7. The number of hydrogen-bond acceptors (Lipinski definition) is 4. The van der Waals surface area contributed by atoms with E-state index in [0.29, 0.717) is 24.3 Å². The maximum Gasteiger partial charge on any atom is 0.222 e. The molecule has 4 rings (SSSR count). The van der Waals surface area contributed by atoms with Gasteiger partial charge in [0.1, 0.15) is 0 Å². The third-order valence-electron chi connectivity index (χ3n) is 6.48. The van der Waals surface area contributed by atoms with Gasteiger partial charge in [0, 0.05) is 32.3 Å². The van der Waals surface area contributed by atoms with E-state index in [0.717, 1.165) is 60.2 Å². The van der Waals surface area contributed by atoms with Crippen molar-refractivity contribution in [1.29, 1.82) is 5.26 Å². The molecular formula is C26H29N6O+. The van der Waals surface area contributed by atoms with Crippen molar-refractivity contribution in [2.75, 3.05) is 13.1 Å². The number of aryl methyl sites for hydroxylation is 1. The van der Waals surface area contributed by atoms with Crippen LogP contribution in [0, 0.1) is 17.2 Å². The Kier molecular flexibility index (Phi) is 6.84. The zero-order valence-corrected chi connectivity index (χ0v) is 18.7. The summed E-state index contributed by atoms with van der Waals surface area (Å²) < 4.78 is 2.19. The predicted molar refractivity (Wildman–Crippen MR) is 129 cm³/mol. The van der Waals surface area contributed by atoms with Gasteiger partial charge in [-0.2, -0.15) is 5.26 Å². The van der Waals surface area contributed by atoms with Crippen molar-refractivity contribution in [3.05, 3.63) is 71.7 Å². The third-order valence-corrected chi connectivity index (χ3v) is 6.48. The van der Waals surface area contributed by atoms with E-state index in [1.807, 2.05) is 41.6 Å². The number of allylic oxidation sites excluding steroid dienone is 1. The number of aromatic nitrogens is 2. The lowest BCUT2D eigenvalue weighted by Gasteiger charge is -2.32. The smallest absolute Gasteiger partial charge is 0.222 e. The minimum absolute atomic E-state index is 0.169. The second-order valence-electron chi connectivity index (χ2n) is 8.48. The molecule has 7 nitrogen and oxygen atoms in total. The van der Waals surface area contributed by atoms with Gasteiger partial charge in [0.15, 0.2) is 6.21 Å². The molecule has 0 aliphatic carbocycles. The molecule has 2 aromatic carbocycles. The van der Waals surface area contributed by atoms with Crippen LogP contribution in [-0.2, 0) is 17.8 Å². The van der Waals surface area contributed by atoms with Crippen molar-refractivity contribution in [3.8, 4) is 6.07 Å². The van der Waals surface area contributed by atoms with Crippen LogP contribution >= 0.6 is 0 Å². The average Bonchev–Trinajstić information content (AvgIpc) is 3.26. The van der Waals surface area contributed by atoms with Gasteiger partial charge < -0.3 is 15.2 Å². The number of piperidine rings is 1. The van der Waals surface area contributed by atoms with E-state index < -0.39 is 0 Å². The topological polar surface area (TPSA) is 114 Å². The molecule has 1 saturated heterocycles. The first-order chi connectivity index (χ1) is 16.1. The SMILES string of the molecule is N#Cc1ccccc1CCC(=O)N1CCC(Cn2cnc3cc(/C(C=[NH2+])=C/N)ccc32)CC1. The molecule has 2 heterocycles. The second kappa shape index (κ2) is 10.1. The molecule has 1 aromatic heterocycles. The molecule has 1 aliphatic heterocycles. The standard InChI is InChI=1S/C26H28N6O/c27-14-22-4-2-1-3-20(22)6-8-26(33)31-11-9-19(10-12-31)17-32-18-30-24-13-21(5-7-25(24)32)23(15-28)16-29/h1-5,7,13,15-16,18-19,28H,6,8-12,17,29H2/p+1/b23-16+,28-15?. The normalized spacial score (nSPS) is 14.9. The predicted octanol–water partition coefficient (Wildman–Crippen LogP) is 1.91. The number of fused-ring (bicyclic) bond motifs is 1. The van der Waals surface area contributed by atoms with Gasteiger partial charge in [-0.05, 0) is 54.5 Å². The number of carbonyl (C=O) groups is 1. The molecular weight excluding hydrogens is 412 g/mol. The fourth-order valence-corrected chi connectivity index (χ4v) is 4.53. The molecule has 0 unspecified atom stereocenters. The Bertz CT molecular complexity index is 1230. The summed E-state index contributed by atoms with van der Waals surface area (Å²) in [6, 6.07) is 15.8. The van der Waals surface area contributed by atoms with E-state index >= 15 is 0 Å². The number of hydrogen-bond donors (Lipinski definition) is 2. The van der Waals surface area contributed by atoms with Crippen LogP contribution in [0.5, 0.6) is 0 Å². The second-order valence-corrected chi connectivity index (χ2v) is 8.48. The number of carbonyl (C=O) groups excluding carboxylic acids is 1. The molecule has 0 bridgehead atoms.